The molecule has 1 unspecified atom stereocenters. The standard InChI is InChI=1S/C23H24FN3O5/c1-14(21(29)26-19(23(31)32)11-15-5-3-2-4-6-15)25-22(30)16-12-20(28)27(13-16)18-9-7-17(24)8-10-18/h2-10,14,16,19H,11-13H2,1H3,(H,25,30)(H,26,29)(H,31,32)/t14-,16?,19-/m1/s1. The second-order valence-corrected chi connectivity index (χ2v) is 7.70. The van der Waals surface area contributed by atoms with Gasteiger partial charge >= 0.3 is 5.97 Å². The second kappa shape index (κ2) is 10.0. The zero-order chi connectivity index (χ0) is 23.3. The number of carboxylic acids is 1. The first-order valence-corrected chi connectivity index (χ1v) is 10.2. The number of carbonyl (C=O) groups is 4. The quantitative estimate of drug-likeness (QED) is 0.574. The number of hydrogen-bond acceptors (Lipinski definition) is 4. The summed E-state index contributed by atoms with van der Waals surface area (Å²) in [4.78, 5) is 50.3. The van der Waals surface area contributed by atoms with Gasteiger partial charge in [0, 0.05) is 25.1 Å². The molecule has 0 spiro atoms. The summed E-state index contributed by atoms with van der Waals surface area (Å²) >= 11 is 0. The molecule has 2 aromatic carbocycles. The zero-order valence-corrected chi connectivity index (χ0v) is 17.5. The zero-order valence-electron chi connectivity index (χ0n) is 17.5. The first-order valence-electron chi connectivity index (χ1n) is 10.2. The van der Waals surface area contributed by atoms with Crippen LogP contribution in [0.4, 0.5) is 10.1 Å². The number of nitrogens with one attached hydrogen (secondary N) is 2. The number of anilines is 1. The first kappa shape index (κ1) is 22.9. The Kier molecular flexibility index (Phi) is 7.19. The van der Waals surface area contributed by atoms with Crippen molar-refractivity contribution in [3.8, 4) is 0 Å². The molecule has 0 radical (unpaired) electrons. The highest BCUT2D eigenvalue weighted by atomic mass is 19.1. The lowest BCUT2D eigenvalue weighted by Gasteiger charge is -2.20. The van der Waals surface area contributed by atoms with Crippen molar-refractivity contribution in [3.63, 3.8) is 0 Å². The van der Waals surface area contributed by atoms with Crippen molar-refractivity contribution < 1.29 is 28.7 Å². The molecule has 0 aliphatic carbocycles. The van der Waals surface area contributed by atoms with E-state index >= 15 is 0 Å². The second-order valence-electron chi connectivity index (χ2n) is 7.70. The topological polar surface area (TPSA) is 116 Å². The fourth-order valence-electron chi connectivity index (χ4n) is 3.50. The lowest BCUT2D eigenvalue weighted by Crippen LogP contribution is -2.52. The molecule has 1 aliphatic rings. The van der Waals surface area contributed by atoms with Crippen LogP contribution in [0.25, 0.3) is 0 Å². The Balaban J connectivity index is 1.56. The van der Waals surface area contributed by atoms with Gasteiger partial charge in [-0.15, -0.1) is 0 Å². The normalized spacial score (nSPS) is 17.5. The van der Waals surface area contributed by atoms with Gasteiger partial charge in [0.1, 0.15) is 17.9 Å². The van der Waals surface area contributed by atoms with Crippen molar-refractivity contribution >= 4 is 29.4 Å². The molecule has 32 heavy (non-hydrogen) atoms. The molecule has 1 fully saturated rings. The summed E-state index contributed by atoms with van der Waals surface area (Å²) in [6.45, 7) is 1.56. The van der Waals surface area contributed by atoms with E-state index in [0.717, 1.165) is 5.56 Å². The van der Waals surface area contributed by atoms with E-state index in [0.29, 0.717) is 5.69 Å². The highest BCUT2D eigenvalue weighted by Gasteiger charge is 2.36. The van der Waals surface area contributed by atoms with Crippen LogP contribution in [0.3, 0.4) is 0 Å². The minimum Gasteiger partial charge on any atom is -0.480 e. The van der Waals surface area contributed by atoms with Crippen LogP contribution in [0.5, 0.6) is 0 Å². The third kappa shape index (κ3) is 5.69. The predicted molar refractivity (Wildman–Crippen MR) is 114 cm³/mol. The molecule has 0 bridgehead atoms. The summed E-state index contributed by atoms with van der Waals surface area (Å²) in [6, 6.07) is 12.1. The lowest BCUT2D eigenvalue weighted by molar-refractivity contribution is -0.142. The number of halogens is 1. The average molecular weight is 441 g/mol. The smallest absolute Gasteiger partial charge is 0.326 e. The number of carboxylic acid groups (broad SMARTS) is 1. The fraction of sp³-hybridized carbons (Fsp3) is 0.304. The van der Waals surface area contributed by atoms with Crippen LogP contribution in [0, 0.1) is 11.7 Å². The Labute approximate surface area is 184 Å². The molecule has 3 amide bonds. The first-order chi connectivity index (χ1) is 15.2. The molecule has 3 rings (SSSR count). The van der Waals surface area contributed by atoms with E-state index in [-0.39, 0.29) is 25.3 Å². The van der Waals surface area contributed by atoms with Crippen LogP contribution in [-0.2, 0) is 25.6 Å². The molecular formula is C23H24FN3O5. The number of nitrogens with zero attached hydrogens (tertiary/aromatic N) is 1. The summed E-state index contributed by atoms with van der Waals surface area (Å²) in [5.74, 6) is -3.69. The van der Waals surface area contributed by atoms with Crippen LogP contribution >= 0.6 is 0 Å². The fourth-order valence-corrected chi connectivity index (χ4v) is 3.50. The Morgan fingerprint density at radius 2 is 1.75 bits per heavy atom. The van der Waals surface area contributed by atoms with Crippen molar-refractivity contribution in [2.75, 3.05) is 11.4 Å². The summed E-state index contributed by atoms with van der Waals surface area (Å²) in [5.41, 5.74) is 1.24. The van der Waals surface area contributed by atoms with E-state index in [4.69, 9.17) is 0 Å². The number of hydrogen-bond donors (Lipinski definition) is 3. The highest BCUT2D eigenvalue weighted by Crippen LogP contribution is 2.25. The summed E-state index contributed by atoms with van der Waals surface area (Å²) in [7, 11) is 0. The van der Waals surface area contributed by atoms with E-state index in [2.05, 4.69) is 10.6 Å². The molecule has 1 heterocycles. The summed E-state index contributed by atoms with van der Waals surface area (Å²) in [6.07, 6.45) is 0.0651. The number of carbonyl (C=O) groups excluding carboxylic acids is 3. The lowest BCUT2D eigenvalue weighted by atomic mass is 10.1. The molecule has 2 aromatic rings. The molecule has 1 aliphatic heterocycles. The Bertz CT molecular complexity index is 996. The summed E-state index contributed by atoms with van der Waals surface area (Å²) < 4.78 is 13.1. The van der Waals surface area contributed by atoms with Gasteiger partial charge < -0.3 is 20.6 Å². The number of amides is 3. The van der Waals surface area contributed by atoms with Crippen molar-refractivity contribution in [3.05, 3.63) is 66.0 Å². The Morgan fingerprint density at radius 3 is 2.38 bits per heavy atom. The van der Waals surface area contributed by atoms with Gasteiger partial charge in [0.15, 0.2) is 0 Å². The van der Waals surface area contributed by atoms with E-state index in [1.807, 2.05) is 0 Å². The number of rotatable bonds is 8. The van der Waals surface area contributed by atoms with Gasteiger partial charge in [0.05, 0.1) is 5.92 Å². The Hall–Kier alpha value is -3.75. The predicted octanol–water partition coefficient (Wildman–Crippen LogP) is 1.50. The highest BCUT2D eigenvalue weighted by molar-refractivity contribution is 6.01. The number of benzene rings is 2. The van der Waals surface area contributed by atoms with Crippen LogP contribution < -0.4 is 15.5 Å². The van der Waals surface area contributed by atoms with Gasteiger partial charge in [-0.1, -0.05) is 30.3 Å². The molecule has 0 saturated carbocycles. The molecule has 9 heteroatoms. The summed E-state index contributed by atoms with van der Waals surface area (Å²) in [5, 5.41) is 14.4. The maximum Gasteiger partial charge on any atom is 0.326 e. The SMILES string of the molecule is C[C@@H](NC(=O)C1CC(=O)N(c2ccc(F)cc2)C1)C(=O)N[C@H](Cc1ccccc1)C(=O)O. The van der Waals surface area contributed by atoms with Gasteiger partial charge in [-0.05, 0) is 36.8 Å². The van der Waals surface area contributed by atoms with Crippen LogP contribution in [0.15, 0.2) is 54.6 Å². The van der Waals surface area contributed by atoms with Gasteiger partial charge in [-0.3, -0.25) is 14.4 Å². The maximum absolute atomic E-state index is 13.1. The van der Waals surface area contributed by atoms with Gasteiger partial charge in [0.25, 0.3) is 0 Å². The molecule has 3 atom stereocenters. The molecule has 8 nitrogen and oxygen atoms in total. The van der Waals surface area contributed by atoms with E-state index < -0.39 is 41.6 Å². The van der Waals surface area contributed by atoms with Crippen molar-refractivity contribution in [2.24, 2.45) is 5.92 Å². The maximum atomic E-state index is 13.1. The van der Waals surface area contributed by atoms with Crippen molar-refractivity contribution in [1.29, 1.82) is 0 Å². The third-order valence-corrected chi connectivity index (χ3v) is 5.28. The molecule has 1 saturated heterocycles. The molecule has 3 N–H and O–H groups in total. The van der Waals surface area contributed by atoms with E-state index in [9.17, 15) is 28.7 Å². The van der Waals surface area contributed by atoms with Crippen LogP contribution in [0.2, 0.25) is 0 Å². The monoisotopic (exact) mass is 441 g/mol. The van der Waals surface area contributed by atoms with E-state index in [1.165, 1.54) is 36.1 Å². The van der Waals surface area contributed by atoms with Gasteiger partial charge in [-0.2, -0.15) is 0 Å². The van der Waals surface area contributed by atoms with Crippen molar-refractivity contribution in [2.45, 2.75) is 31.8 Å². The molecule has 0 aromatic heterocycles. The van der Waals surface area contributed by atoms with Gasteiger partial charge in [-0.25, -0.2) is 9.18 Å². The third-order valence-electron chi connectivity index (χ3n) is 5.28. The minimum atomic E-state index is -1.18. The molecule has 168 valence electrons. The van der Waals surface area contributed by atoms with Crippen LogP contribution in [-0.4, -0.2) is 47.4 Å². The minimum absolute atomic E-state index is 0.0384. The van der Waals surface area contributed by atoms with Crippen molar-refractivity contribution in [1.82, 2.24) is 10.6 Å². The average Bonchev–Trinajstić information content (AvgIpc) is 3.16. The van der Waals surface area contributed by atoms with Crippen LogP contribution in [0.1, 0.15) is 18.9 Å². The number of aliphatic carboxylic acids is 1. The van der Waals surface area contributed by atoms with E-state index in [1.54, 1.807) is 30.3 Å². The molecular weight excluding hydrogens is 417 g/mol. The Morgan fingerprint density at radius 1 is 1.09 bits per heavy atom. The van der Waals surface area contributed by atoms with Gasteiger partial charge in [0.2, 0.25) is 17.7 Å². The largest absolute Gasteiger partial charge is 0.480 e.